The molecule has 0 saturated carbocycles. The topological polar surface area (TPSA) is 45.7 Å². The molecule has 4 rings (SSSR count). The zero-order chi connectivity index (χ0) is 20.4. The maximum absolute atomic E-state index is 12.8. The van der Waals surface area contributed by atoms with Gasteiger partial charge in [-0.2, -0.15) is 0 Å². The highest BCUT2D eigenvalue weighted by Gasteiger charge is 2.23. The molecule has 0 aliphatic carbocycles. The SMILES string of the molecule is CCOc1ccc(C(=O)N2CCN(c3cc(C)c4cccc(C)c4n3)CC2)cc1. The van der Waals surface area contributed by atoms with Crippen molar-refractivity contribution in [1.29, 1.82) is 0 Å². The Kier molecular flexibility index (Phi) is 5.38. The number of aryl methyl sites for hydroxylation is 2. The van der Waals surface area contributed by atoms with Crippen molar-refractivity contribution in [1.82, 2.24) is 9.88 Å². The molecule has 5 heteroatoms. The van der Waals surface area contributed by atoms with Crippen molar-refractivity contribution in [2.75, 3.05) is 37.7 Å². The molecule has 0 bridgehead atoms. The first-order valence-electron chi connectivity index (χ1n) is 10.2. The minimum atomic E-state index is 0.0752. The summed E-state index contributed by atoms with van der Waals surface area (Å²) in [6.07, 6.45) is 0. The summed E-state index contributed by atoms with van der Waals surface area (Å²) >= 11 is 0. The lowest BCUT2D eigenvalue weighted by Gasteiger charge is -2.35. The lowest BCUT2D eigenvalue weighted by Crippen LogP contribution is -2.49. The molecule has 1 saturated heterocycles. The summed E-state index contributed by atoms with van der Waals surface area (Å²) in [5.41, 5.74) is 4.20. The van der Waals surface area contributed by atoms with Crippen LogP contribution in [0.15, 0.2) is 48.5 Å². The van der Waals surface area contributed by atoms with Crippen LogP contribution in [0, 0.1) is 13.8 Å². The highest BCUT2D eigenvalue weighted by Crippen LogP contribution is 2.25. The molecule has 0 radical (unpaired) electrons. The molecule has 3 aromatic rings. The molecule has 1 fully saturated rings. The fourth-order valence-electron chi connectivity index (χ4n) is 3.89. The number of aromatic nitrogens is 1. The van der Waals surface area contributed by atoms with Crippen molar-refractivity contribution < 1.29 is 9.53 Å². The van der Waals surface area contributed by atoms with E-state index < -0.39 is 0 Å². The number of para-hydroxylation sites is 1. The molecule has 0 unspecified atom stereocenters. The van der Waals surface area contributed by atoms with Gasteiger partial charge in [-0.05, 0) is 62.2 Å². The van der Waals surface area contributed by atoms with Gasteiger partial charge in [0.15, 0.2) is 0 Å². The molecule has 1 aromatic heterocycles. The zero-order valence-corrected chi connectivity index (χ0v) is 17.3. The van der Waals surface area contributed by atoms with Crippen molar-refractivity contribution in [3.8, 4) is 5.75 Å². The van der Waals surface area contributed by atoms with Crippen LogP contribution in [0.4, 0.5) is 5.82 Å². The summed E-state index contributed by atoms with van der Waals surface area (Å²) in [5, 5.41) is 1.21. The van der Waals surface area contributed by atoms with Gasteiger partial charge in [-0.25, -0.2) is 4.98 Å². The standard InChI is InChI=1S/C24H27N3O2/c1-4-29-20-10-8-19(9-11-20)24(28)27-14-12-26(13-15-27)22-16-18(3)21-7-5-6-17(2)23(21)25-22/h5-11,16H,4,12-15H2,1-3H3. The number of benzene rings is 2. The Morgan fingerprint density at radius 3 is 2.41 bits per heavy atom. The first kappa shape index (κ1) is 19.2. The lowest BCUT2D eigenvalue weighted by molar-refractivity contribution is 0.0746. The molecule has 150 valence electrons. The Bertz CT molecular complexity index is 1020. The Balaban J connectivity index is 1.46. The van der Waals surface area contributed by atoms with E-state index in [9.17, 15) is 4.79 Å². The second-order valence-electron chi connectivity index (χ2n) is 7.51. The van der Waals surface area contributed by atoms with E-state index in [-0.39, 0.29) is 5.91 Å². The maximum Gasteiger partial charge on any atom is 0.253 e. The zero-order valence-electron chi connectivity index (χ0n) is 17.3. The van der Waals surface area contributed by atoms with Crippen LogP contribution in [-0.4, -0.2) is 48.6 Å². The molecule has 1 amide bonds. The van der Waals surface area contributed by atoms with Gasteiger partial charge < -0.3 is 14.5 Å². The molecule has 5 nitrogen and oxygen atoms in total. The second-order valence-corrected chi connectivity index (χ2v) is 7.51. The number of nitrogens with zero attached hydrogens (tertiary/aromatic N) is 3. The Morgan fingerprint density at radius 2 is 1.72 bits per heavy atom. The Hall–Kier alpha value is -3.08. The smallest absolute Gasteiger partial charge is 0.253 e. The number of fused-ring (bicyclic) bond motifs is 1. The largest absolute Gasteiger partial charge is 0.494 e. The van der Waals surface area contributed by atoms with E-state index in [0.717, 1.165) is 30.2 Å². The number of carbonyl (C=O) groups excluding carboxylic acids is 1. The van der Waals surface area contributed by atoms with Gasteiger partial charge in [0.05, 0.1) is 12.1 Å². The van der Waals surface area contributed by atoms with Crippen LogP contribution in [0.5, 0.6) is 5.75 Å². The van der Waals surface area contributed by atoms with Crippen LogP contribution >= 0.6 is 0 Å². The summed E-state index contributed by atoms with van der Waals surface area (Å²) in [7, 11) is 0. The van der Waals surface area contributed by atoms with Gasteiger partial charge in [-0.1, -0.05) is 18.2 Å². The van der Waals surface area contributed by atoms with Gasteiger partial charge in [-0.15, -0.1) is 0 Å². The summed E-state index contributed by atoms with van der Waals surface area (Å²) < 4.78 is 5.46. The average molecular weight is 389 g/mol. The highest BCUT2D eigenvalue weighted by atomic mass is 16.5. The van der Waals surface area contributed by atoms with Crippen LogP contribution in [0.25, 0.3) is 10.9 Å². The number of carbonyl (C=O) groups is 1. The van der Waals surface area contributed by atoms with Gasteiger partial charge >= 0.3 is 0 Å². The van der Waals surface area contributed by atoms with Crippen molar-refractivity contribution in [2.45, 2.75) is 20.8 Å². The van der Waals surface area contributed by atoms with E-state index in [4.69, 9.17) is 9.72 Å². The monoisotopic (exact) mass is 389 g/mol. The highest BCUT2D eigenvalue weighted by molar-refractivity contribution is 5.94. The third kappa shape index (κ3) is 3.90. The first-order valence-corrected chi connectivity index (χ1v) is 10.2. The Morgan fingerprint density at radius 1 is 1.00 bits per heavy atom. The molecule has 1 aliphatic rings. The molecule has 2 aromatic carbocycles. The van der Waals surface area contributed by atoms with Gasteiger partial charge in [0.2, 0.25) is 0 Å². The van der Waals surface area contributed by atoms with E-state index in [1.54, 1.807) is 0 Å². The third-order valence-corrected chi connectivity index (χ3v) is 5.54. The molecule has 2 heterocycles. The maximum atomic E-state index is 12.8. The molecule has 29 heavy (non-hydrogen) atoms. The van der Waals surface area contributed by atoms with Crippen molar-refractivity contribution in [3.05, 3.63) is 65.2 Å². The summed E-state index contributed by atoms with van der Waals surface area (Å²) in [6, 6.07) is 15.9. The number of piperazine rings is 1. The number of ether oxygens (including phenoxy) is 1. The molecular formula is C24H27N3O2. The van der Waals surface area contributed by atoms with Crippen LogP contribution in [0.2, 0.25) is 0 Å². The van der Waals surface area contributed by atoms with Crippen LogP contribution in [-0.2, 0) is 0 Å². The number of anilines is 1. The number of hydrogen-bond donors (Lipinski definition) is 0. The van der Waals surface area contributed by atoms with Gasteiger partial charge in [0.1, 0.15) is 11.6 Å². The molecule has 0 atom stereocenters. The van der Waals surface area contributed by atoms with Crippen molar-refractivity contribution >= 4 is 22.6 Å². The number of pyridine rings is 1. The lowest BCUT2D eigenvalue weighted by atomic mass is 10.1. The van der Waals surface area contributed by atoms with E-state index >= 15 is 0 Å². The van der Waals surface area contributed by atoms with Gasteiger partial charge in [-0.3, -0.25) is 4.79 Å². The van der Waals surface area contributed by atoms with E-state index in [2.05, 4.69) is 43.0 Å². The second kappa shape index (κ2) is 8.11. The average Bonchev–Trinajstić information content (AvgIpc) is 2.75. The first-order chi connectivity index (χ1) is 14.1. The molecular weight excluding hydrogens is 362 g/mol. The molecule has 1 aliphatic heterocycles. The number of rotatable bonds is 4. The minimum absolute atomic E-state index is 0.0752. The van der Waals surface area contributed by atoms with Crippen molar-refractivity contribution in [3.63, 3.8) is 0 Å². The van der Waals surface area contributed by atoms with E-state index in [1.807, 2.05) is 36.1 Å². The predicted octanol–water partition coefficient (Wildman–Crippen LogP) is 4.21. The quantitative estimate of drug-likeness (QED) is 0.670. The van der Waals surface area contributed by atoms with Crippen LogP contribution in [0.3, 0.4) is 0 Å². The van der Waals surface area contributed by atoms with Crippen molar-refractivity contribution in [2.24, 2.45) is 0 Å². The van der Waals surface area contributed by atoms with Gasteiger partial charge in [0, 0.05) is 37.1 Å². The minimum Gasteiger partial charge on any atom is -0.494 e. The third-order valence-electron chi connectivity index (χ3n) is 5.54. The summed E-state index contributed by atoms with van der Waals surface area (Å²) in [4.78, 5) is 22.0. The van der Waals surface area contributed by atoms with E-state index in [1.165, 1.54) is 16.5 Å². The van der Waals surface area contributed by atoms with Crippen LogP contribution in [0.1, 0.15) is 28.4 Å². The predicted molar refractivity (Wildman–Crippen MR) is 117 cm³/mol. The summed E-state index contributed by atoms with van der Waals surface area (Å²) in [6.45, 7) is 9.77. The number of amides is 1. The fourth-order valence-corrected chi connectivity index (χ4v) is 3.89. The van der Waals surface area contributed by atoms with Gasteiger partial charge in [0.25, 0.3) is 5.91 Å². The number of hydrogen-bond acceptors (Lipinski definition) is 4. The molecule has 0 spiro atoms. The Labute approximate surface area is 171 Å². The molecule has 0 N–H and O–H groups in total. The summed E-state index contributed by atoms with van der Waals surface area (Å²) in [5.74, 6) is 1.87. The fraction of sp³-hybridized carbons (Fsp3) is 0.333. The van der Waals surface area contributed by atoms with E-state index in [0.29, 0.717) is 25.3 Å². The normalized spacial score (nSPS) is 14.3. The van der Waals surface area contributed by atoms with Crippen LogP contribution < -0.4 is 9.64 Å².